The lowest BCUT2D eigenvalue weighted by atomic mass is 9.78. The van der Waals surface area contributed by atoms with Crippen molar-refractivity contribution in [3.05, 3.63) is 65.5 Å². The van der Waals surface area contributed by atoms with Gasteiger partial charge in [-0.15, -0.1) is 0 Å². The molecule has 6 nitrogen and oxygen atoms in total. The number of carbonyl (C=O) groups excluding carboxylic acids is 2. The van der Waals surface area contributed by atoms with Crippen LogP contribution in [0.4, 0.5) is 14.9 Å². The fourth-order valence-corrected chi connectivity index (χ4v) is 4.87. The Morgan fingerprint density at radius 1 is 0.933 bits per heavy atom. The molecule has 2 aromatic carbocycles. The largest absolute Gasteiger partial charge is 0.367 e. The van der Waals surface area contributed by atoms with Gasteiger partial charge in [-0.25, -0.2) is 14.1 Å². The van der Waals surface area contributed by atoms with Gasteiger partial charge < -0.3 is 10.2 Å². The van der Waals surface area contributed by atoms with Crippen molar-refractivity contribution < 1.29 is 14.0 Å². The molecule has 2 heterocycles. The van der Waals surface area contributed by atoms with Gasteiger partial charge in [0.05, 0.1) is 12.4 Å². The van der Waals surface area contributed by atoms with Crippen LogP contribution in [0.1, 0.15) is 17.5 Å². The molecule has 3 aliphatic rings. The van der Waals surface area contributed by atoms with Crippen molar-refractivity contribution in [2.75, 3.05) is 37.7 Å². The maximum Gasteiger partial charge on any atom is 0.326 e. The summed E-state index contributed by atoms with van der Waals surface area (Å²) < 4.78 is 14.0. The average Bonchev–Trinajstić information content (AvgIpc) is 2.98. The normalized spacial score (nSPS) is 24.3. The molecule has 3 amide bonds. The second-order valence-electron chi connectivity index (χ2n) is 8.39. The maximum absolute atomic E-state index is 14.0. The van der Waals surface area contributed by atoms with Crippen LogP contribution < -0.4 is 10.2 Å². The van der Waals surface area contributed by atoms with Gasteiger partial charge >= 0.3 is 6.03 Å². The van der Waals surface area contributed by atoms with Gasteiger partial charge in [0.2, 0.25) is 0 Å². The first kappa shape index (κ1) is 19.1. The van der Waals surface area contributed by atoms with Crippen LogP contribution in [0.25, 0.3) is 0 Å². The third kappa shape index (κ3) is 3.23. The van der Waals surface area contributed by atoms with Gasteiger partial charge in [-0.3, -0.25) is 9.69 Å². The van der Waals surface area contributed by atoms with Gasteiger partial charge in [-0.05, 0) is 36.1 Å². The standard InChI is InChI=1S/C23H25FN4O2/c24-19-7-3-4-8-20(19)27-13-11-26(12-14-27)16-28-21(29)23(25-22(28)30)10-9-17-5-1-2-6-18(17)15-23/h1-8H,9-16H2,(H,25,30)/t23-/m1/s1. The third-order valence-electron chi connectivity index (χ3n) is 6.58. The van der Waals surface area contributed by atoms with E-state index in [9.17, 15) is 14.0 Å². The number of benzene rings is 2. The van der Waals surface area contributed by atoms with Crippen LogP contribution in [-0.4, -0.2) is 60.1 Å². The Labute approximate surface area is 175 Å². The zero-order chi connectivity index (χ0) is 20.7. The first-order valence-corrected chi connectivity index (χ1v) is 10.5. The Morgan fingerprint density at radius 2 is 1.63 bits per heavy atom. The highest BCUT2D eigenvalue weighted by Gasteiger charge is 2.52. The molecule has 0 bridgehead atoms. The number of aryl methyl sites for hydroxylation is 1. The molecule has 0 radical (unpaired) electrons. The summed E-state index contributed by atoms with van der Waals surface area (Å²) in [5.74, 6) is -0.349. The van der Waals surface area contributed by atoms with E-state index in [-0.39, 0.29) is 24.4 Å². The van der Waals surface area contributed by atoms with E-state index in [1.54, 1.807) is 12.1 Å². The number of urea groups is 1. The molecular weight excluding hydrogens is 383 g/mol. The predicted octanol–water partition coefficient (Wildman–Crippen LogP) is 2.38. The van der Waals surface area contributed by atoms with Gasteiger partial charge in [-0.1, -0.05) is 36.4 Å². The number of para-hydroxylation sites is 1. The van der Waals surface area contributed by atoms with E-state index in [4.69, 9.17) is 0 Å². The summed E-state index contributed by atoms with van der Waals surface area (Å²) in [7, 11) is 0. The van der Waals surface area contributed by atoms with Crippen molar-refractivity contribution in [2.24, 2.45) is 0 Å². The fourth-order valence-electron chi connectivity index (χ4n) is 4.87. The Morgan fingerprint density at radius 3 is 2.40 bits per heavy atom. The number of imide groups is 1. The lowest BCUT2D eigenvalue weighted by molar-refractivity contribution is -0.133. The highest BCUT2D eigenvalue weighted by Crippen LogP contribution is 2.33. The van der Waals surface area contributed by atoms with Gasteiger partial charge in [0.15, 0.2) is 0 Å². The highest BCUT2D eigenvalue weighted by molar-refractivity contribution is 6.07. The molecule has 1 atom stereocenters. The molecule has 2 aromatic rings. The maximum atomic E-state index is 14.0. The van der Waals surface area contributed by atoms with Crippen LogP contribution in [0, 0.1) is 5.82 Å². The van der Waals surface area contributed by atoms with E-state index in [0.717, 1.165) is 12.0 Å². The van der Waals surface area contributed by atoms with Gasteiger partial charge in [0.1, 0.15) is 11.4 Å². The number of amides is 3. The Balaban J connectivity index is 1.24. The number of hydrogen-bond acceptors (Lipinski definition) is 4. The van der Waals surface area contributed by atoms with Crippen molar-refractivity contribution in [3.8, 4) is 0 Å². The summed E-state index contributed by atoms with van der Waals surface area (Å²) in [5.41, 5.74) is 2.18. The topological polar surface area (TPSA) is 55.9 Å². The molecule has 7 heteroatoms. The van der Waals surface area contributed by atoms with E-state index < -0.39 is 5.54 Å². The quantitative estimate of drug-likeness (QED) is 0.793. The van der Waals surface area contributed by atoms with Crippen LogP contribution in [-0.2, 0) is 17.6 Å². The lowest BCUT2D eigenvalue weighted by Crippen LogP contribution is -2.53. The Bertz CT molecular complexity index is 989. The molecule has 30 heavy (non-hydrogen) atoms. The second-order valence-corrected chi connectivity index (χ2v) is 8.39. The number of fused-ring (bicyclic) bond motifs is 1. The predicted molar refractivity (Wildman–Crippen MR) is 112 cm³/mol. The van der Waals surface area contributed by atoms with Crippen molar-refractivity contribution >= 4 is 17.6 Å². The van der Waals surface area contributed by atoms with E-state index in [1.807, 2.05) is 29.2 Å². The average molecular weight is 408 g/mol. The number of nitrogens with one attached hydrogen (secondary N) is 1. The zero-order valence-electron chi connectivity index (χ0n) is 16.8. The van der Waals surface area contributed by atoms with Crippen LogP contribution in [0.2, 0.25) is 0 Å². The van der Waals surface area contributed by atoms with Crippen LogP contribution in [0.15, 0.2) is 48.5 Å². The minimum absolute atomic E-state index is 0.126. The van der Waals surface area contributed by atoms with E-state index >= 15 is 0 Å². The molecule has 5 rings (SSSR count). The fraction of sp³-hybridized carbons (Fsp3) is 0.391. The molecular formula is C23H25FN4O2. The summed E-state index contributed by atoms with van der Waals surface area (Å²) in [6.45, 7) is 2.92. The van der Waals surface area contributed by atoms with Crippen molar-refractivity contribution in [1.82, 2.24) is 15.1 Å². The number of piperazine rings is 1. The molecule has 156 valence electrons. The minimum Gasteiger partial charge on any atom is -0.367 e. The van der Waals surface area contributed by atoms with Crippen LogP contribution in [0.5, 0.6) is 0 Å². The number of rotatable bonds is 3. The SMILES string of the molecule is O=C1N[C@@]2(CCc3ccccc3C2)C(=O)N1CN1CCN(c2ccccc2F)CC1. The van der Waals surface area contributed by atoms with E-state index in [2.05, 4.69) is 16.3 Å². The molecule has 1 N–H and O–H groups in total. The summed E-state index contributed by atoms with van der Waals surface area (Å²) in [6.07, 6.45) is 1.97. The first-order valence-electron chi connectivity index (χ1n) is 10.5. The molecule has 0 unspecified atom stereocenters. The second kappa shape index (κ2) is 7.40. The molecule has 0 saturated carbocycles. The minimum atomic E-state index is -0.819. The Hall–Kier alpha value is -2.93. The monoisotopic (exact) mass is 408 g/mol. The number of nitrogens with zero attached hydrogens (tertiary/aromatic N) is 3. The molecule has 2 fully saturated rings. The van der Waals surface area contributed by atoms with Crippen molar-refractivity contribution in [2.45, 2.75) is 24.8 Å². The van der Waals surface area contributed by atoms with Gasteiger partial charge in [0.25, 0.3) is 5.91 Å². The van der Waals surface area contributed by atoms with E-state index in [1.165, 1.54) is 16.5 Å². The smallest absolute Gasteiger partial charge is 0.326 e. The van der Waals surface area contributed by atoms with Crippen LogP contribution in [0.3, 0.4) is 0 Å². The molecule has 1 aliphatic carbocycles. The number of halogens is 1. The highest BCUT2D eigenvalue weighted by atomic mass is 19.1. The number of carbonyl (C=O) groups is 2. The first-order chi connectivity index (χ1) is 14.6. The van der Waals surface area contributed by atoms with Crippen LogP contribution >= 0.6 is 0 Å². The third-order valence-corrected chi connectivity index (χ3v) is 6.58. The summed E-state index contributed by atoms with van der Waals surface area (Å²) in [5, 5.41) is 2.99. The van der Waals surface area contributed by atoms with Crippen molar-refractivity contribution in [1.29, 1.82) is 0 Å². The van der Waals surface area contributed by atoms with Gasteiger partial charge in [0, 0.05) is 32.6 Å². The van der Waals surface area contributed by atoms with Gasteiger partial charge in [-0.2, -0.15) is 0 Å². The molecule has 2 aliphatic heterocycles. The zero-order valence-corrected chi connectivity index (χ0v) is 16.8. The summed E-state index contributed by atoms with van der Waals surface area (Å²) in [4.78, 5) is 31.4. The summed E-state index contributed by atoms with van der Waals surface area (Å²) >= 11 is 0. The summed E-state index contributed by atoms with van der Waals surface area (Å²) in [6, 6.07) is 14.6. The molecule has 2 saturated heterocycles. The molecule has 0 aromatic heterocycles. The number of anilines is 1. The lowest BCUT2D eigenvalue weighted by Gasteiger charge is -2.37. The Kier molecular flexibility index (Phi) is 4.70. The van der Waals surface area contributed by atoms with E-state index in [0.29, 0.717) is 44.7 Å². The van der Waals surface area contributed by atoms with Crippen molar-refractivity contribution in [3.63, 3.8) is 0 Å². The number of hydrogen-bond donors (Lipinski definition) is 1. The molecule has 1 spiro atoms.